The minimum atomic E-state index is -0.194. The van der Waals surface area contributed by atoms with Crippen molar-refractivity contribution in [1.29, 1.82) is 0 Å². The number of nitrogens with zero attached hydrogens (tertiary/aromatic N) is 2. The molecule has 0 saturated carbocycles. The van der Waals surface area contributed by atoms with Crippen LogP contribution in [0.5, 0.6) is 0 Å². The molecule has 4 rings (SSSR count). The van der Waals surface area contributed by atoms with Gasteiger partial charge in [-0.3, -0.25) is 9.89 Å². The first kappa shape index (κ1) is 14.5. The van der Waals surface area contributed by atoms with Crippen LogP contribution in [0.1, 0.15) is 29.2 Å². The van der Waals surface area contributed by atoms with Gasteiger partial charge in [0, 0.05) is 17.8 Å². The Morgan fingerprint density at radius 3 is 2.75 bits per heavy atom. The van der Waals surface area contributed by atoms with Gasteiger partial charge in [0.25, 0.3) is 5.91 Å². The van der Waals surface area contributed by atoms with Crippen molar-refractivity contribution in [3.8, 4) is 0 Å². The molecule has 0 spiro atoms. The summed E-state index contributed by atoms with van der Waals surface area (Å²) in [6.45, 7) is 1.95. The molecule has 0 bridgehead atoms. The van der Waals surface area contributed by atoms with E-state index in [9.17, 15) is 4.79 Å². The molecule has 120 valence electrons. The van der Waals surface area contributed by atoms with Crippen LogP contribution in [0.25, 0.3) is 21.9 Å². The predicted octanol–water partition coefficient (Wildman–Crippen LogP) is 4.14. The first-order valence-corrected chi connectivity index (χ1v) is 7.84. The fraction of sp³-hybridized carbons (Fsp3) is 0.158. The van der Waals surface area contributed by atoms with Gasteiger partial charge in [0.1, 0.15) is 11.3 Å². The highest BCUT2D eigenvalue weighted by Gasteiger charge is 2.24. The summed E-state index contributed by atoms with van der Waals surface area (Å²) in [6, 6.07) is 17.2. The fourth-order valence-corrected chi connectivity index (χ4v) is 2.87. The van der Waals surface area contributed by atoms with Crippen molar-refractivity contribution in [1.82, 2.24) is 15.1 Å². The predicted molar refractivity (Wildman–Crippen MR) is 92.8 cm³/mol. The molecule has 0 aliphatic carbocycles. The lowest BCUT2D eigenvalue weighted by molar-refractivity contribution is 0.0723. The van der Waals surface area contributed by atoms with E-state index in [0.29, 0.717) is 5.69 Å². The van der Waals surface area contributed by atoms with Gasteiger partial charge in [-0.2, -0.15) is 5.10 Å². The molecule has 0 saturated heterocycles. The van der Waals surface area contributed by atoms with Gasteiger partial charge in [0.15, 0.2) is 5.69 Å². The Hall–Kier alpha value is -3.08. The van der Waals surface area contributed by atoms with E-state index in [1.54, 1.807) is 11.9 Å². The topological polar surface area (TPSA) is 62.1 Å². The molecule has 24 heavy (non-hydrogen) atoms. The lowest BCUT2D eigenvalue weighted by Crippen LogP contribution is -2.29. The third-order valence-electron chi connectivity index (χ3n) is 4.43. The van der Waals surface area contributed by atoms with Crippen LogP contribution in [-0.4, -0.2) is 28.1 Å². The Kier molecular flexibility index (Phi) is 3.34. The molecule has 0 radical (unpaired) electrons. The summed E-state index contributed by atoms with van der Waals surface area (Å²) in [5.74, 6) is 0.618. The normalized spacial score (nSPS) is 12.6. The molecular formula is C19H17N3O2. The van der Waals surface area contributed by atoms with Crippen LogP contribution in [0, 0.1) is 0 Å². The molecule has 5 heteroatoms. The van der Waals surface area contributed by atoms with Crippen LogP contribution < -0.4 is 0 Å². The third kappa shape index (κ3) is 2.25. The average Bonchev–Trinajstić information content (AvgIpc) is 3.23. The van der Waals surface area contributed by atoms with E-state index >= 15 is 0 Å². The van der Waals surface area contributed by atoms with Gasteiger partial charge in [-0.15, -0.1) is 0 Å². The number of hydrogen-bond acceptors (Lipinski definition) is 3. The second-order valence-corrected chi connectivity index (χ2v) is 5.90. The van der Waals surface area contributed by atoms with Gasteiger partial charge >= 0.3 is 0 Å². The van der Waals surface area contributed by atoms with Crippen LogP contribution in [0.2, 0.25) is 0 Å². The minimum absolute atomic E-state index is 0.139. The van der Waals surface area contributed by atoms with Gasteiger partial charge < -0.3 is 9.32 Å². The Morgan fingerprint density at radius 2 is 1.92 bits per heavy atom. The van der Waals surface area contributed by atoms with E-state index in [0.717, 1.165) is 27.6 Å². The maximum absolute atomic E-state index is 12.9. The van der Waals surface area contributed by atoms with Gasteiger partial charge in [0.2, 0.25) is 0 Å². The standard InChI is InChI=1S/C19H17N3O2/c1-12(17-11-13-7-3-6-10-16(13)24-17)22(2)19(23)18-14-8-4-5-9-15(14)20-21-18/h3-12H,1-2H3,(H,20,21)/t12-/m1/s1. The number of amides is 1. The number of H-pyrrole nitrogens is 1. The lowest BCUT2D eigenvalue weighted by Gasteiger charge is -2.22. The molecule has 1 N–H and O–H groups in total. The summed E-state index contributed by atoms with van der Waals surface area (Å²) in [5, 5.41) is 8.95. The SMILES string of the molecule is C[C@H](c1cc2ccccc2o1)N(C)C(=O)c1n[nH]c2ccccc12. The molecule has 4 aromatic rings. The molecule has 1 amide bonds. The number of hydrogen-bond donors (Lipinski definition) is 1. The Morgan fingerprint density at radius 1 is 1.17 bits per heavy atom. The number of aromatic nitrogens is 2. The maximum atomic E-state index is 12.9. The average molecular weight is 319 g/mol. The van der Waals surface area contributed by atoms with Crippen LogP contribution in [0.3, 0.4) is 0 Å². The van der Waals surface area contributed by atoms with E-state index in [1.807, 2.05) is 61.5 Å². The summed E-state index contributed by atoms with van der Waals surface area (Å²) >= 11 is 0. The monoisotopic (exact) mass is 319 g/mol. The van der Waals surface area contributed by atoms with Crippen LogP contribution >= 0.6 is 0 Å². The van der Waals surface area contributed by atoms with Gasteiger partial charge in [-0.1, -0.05) is 36.4 Å². The molecule has 0 unspecified atom stereocenters. The number of fused-ring (bicyclic) bond motifs is 2. The number of benzene rings is 2. The molecular weight excluding hydrogens is 302 g/mol. The molecule has 1 atom stereocenters. The van der Waals surface area contributed by atoms with Crippen molar-refractivity contribution in [3.63, 3.8) is 0 Å². The van der Waals surface area contributed by atoms with Gasteiger partial charge in [0.05, 0.1) is 11.6 Å². The zero-order valence-corrected chi connectivity index (χ0v) is 13.5. The van der Waals surface area contributed by atoms with Crippen molar-refractivity contribution in [2.75, 3.05) is 7.05 Å². The first-order chi connectivity index (χ1) is 11.6. The zero-order chi connectivity index (χ0) is 16.7. The summed E-state index contributed by atoms with van der Waals surface area (Å²) < 4.78 is 5.88. The van der Waals surface area contributed by atoms with Gasteiger partial charge in [-0.25, -0.2) is 0 Å². The largest absolute Gasteiger partial charge is 0.459 e. The van der Waals surface area contributed by atoms with Crippen molar-refractivity contribution in [2.24, 2.45) is 0 Å². The quantitative estimate of drug-likeness (QED) is 0.617. The number of aromatic amines is 1. The van der Waals surface area contributed by atoms with Crippen LogP contribution in [0.4, 0.5) is 0 Å². The number of para-hydroxylation sites is 2. The Labute approximate surface area is 138 Å². The van der Waals surface area contributed by atoms with Crippen LogP contribution in [-0.2, 0) is 0 Å². The molecule has 2 aromatic heterocycles. The van der Waals surface area contributed by atoms with E-state index in [1.165, 1.54) is 0 Å². The first-order valence-electron chi connectivity index (χ1n) is 7.84. The minimum Gasteiger partial charge on any atom is -0.459 e. The Bertz CT molecular complexity index is 998. The van der Waals surface area contributed by atoms with Crippen molar-refractivity contribution in [3.05, 3.63) is 66.1 Å². The van der Waals surface area contributed by atoms with E-state index in [-0.39, 0.29) is 11.9 Å². The second-order valence-electron chi connectivity index (χ2n) is 5.90. The number of carbonyl (C=O) groups is 1. The number of rotatable bonds is 3. The van der Waals surface area contributed by atoms with Crippen LogP contribution in [0.15, 0.2) is 59.0 Å². The number of carbonyl (C=O) groups excluding carboxylic acids is 1. The summed E-state index contributed by atoms with van der Waals surface area (Å²) in [4.78, 5) is 14.5. The lowest BCUT2D eigenvalue weighted by atomic mass is 10.1. The molecule has 5 nitrogen and oxygen atoms in total. The van der Waals surface area contributed by atoms with Crippen molar-refractivity contribution >= 4 is 27.8 Å². The fourth-order valence-electron chi connectivity index (χ4n) is 2.87. The molecule has 2 heterocycles. The summed E-state index contributed by atoms with van der Waals surface area (Å²) in [7, 11) is 1.77. The van der Waals surface area contributed by atoms with Crippen molar-refractivity contribution in [2.45, 2.75) is 13.0 Å². The summed E-state index contributed by atoms with van der Waals surface area (Å²) in [6.07, 6.45) is 0. The highest BCUT2D eigenvalue weighted by molar-refractivity contribution is 6.04. The number of nitrogens with one attached hydrogen (secondary N) is 1. The molecule has 0 fully saturated rings. The van der Waals surface area contributed by atoms with E-state index in [4.69, 9.17) is 4.42 Å². The Balaban J connectivity index is 1.66. The van der Waals surface area contributed by atoms with Crippen molar-refractivity contribution < 1.29 is 9.21 Å². The van der Waals surface area contributed by atoms with E-state index < -0.39 is 0 Å². The molecule has 0 aliphatic heterocycles. The number of furan rings is 1. The third-order valence-corrected chi connectivity index (χ3v) is 4.43. The summed E-state index contributed by atoms with van der Waals surface area (Å²) in [5.41, 5.74) is 2.10. The second kappa shape index (κ2) is 5.53. The van der Waals surface area contributed by atoms with E-state index in [2.05, 4.69) is 10.2 Å². The smallest absolute Gasteiger partial charge is 0.275 e. The van der Waals surface area contributed by atoms with Gasteiger partial charge in [-0.05, 0) is 25.1 Å². The highest BCUT2D eigenvalue weighted by Crippen LogP contribution is 2.28. The zero-order valence-electron chi connectivity index (χ0n) is 13.5. The molecule has 0 aliphatic rings. The highest BCUT2D eigenvalue weighted by atomic mass is 16.3. The molecule has 2 aromatic carbocycles. The maximum Gasteiger partial charge on any atom is 0.275 e.